The number of nitrogens with zero attached hydrogens (tertiary/aromatic N) is 4. The zero-order valence-electron chi connectivity index (χ0n) is 37.9. The smallest absolute Gasteiger partial charge is 0.0973 e. The maximum atomic E-state index is 5.45. The lowest BCUT2D eigenvalue weighted by molar-refractivity contribution is 0.691. The average molecular weight is 873 g/mol. The topological polar surface area (TPSA) is 32.3 Å². The maximum Gasteiger partial charge on any atom is 0.0973 e. The monoisotopic (exact) mass is 872 g/mol. The van der Waals surface area contributed by atoms with Crippen LogP contribution in [0.2, 0.25) is 0 Å². The summed E-state index contributed by atoms with van der Waals surface area (Å²) in [5.74, 6) is 0.491. The highest BCUT2D eigenvalue weighted by molar-refractivity contribution is 5.97. The highest BCUT2D eigenvalue weighted by atomic mass is 15.2. The molecular formula is C64H48N4. The number of allylic oxidation sites excluding steroid dienone is 7. The van der Waals surface area contributed by atoms with Crippen LogP contribution >= 0.6 is 0 Å². The van der Waals surface area contributed by atoms with E-state index in [1.807, 2.05) is 12.1 Å². The van der Waals surface area contributed by atoms with Crippen LogP contribution < -0.4 is 9.80 Å². The molecule has 1 spiro atoms. The molecule has 4 heteroatoms. The van der Waals surface area contributed by atoms with Gasteiger partial charge < -0.3 is 9.80 Å². The third-order valence-corrected chi connectivity index (χ3v) is 14.4. The van der Waals surface area contributed by atoms with Gasteiger partial charge in [-0.1, -0.05) is 159 Å². The van der Waals surface area contributed by atoms with Crippen LogP contribution in [-0.2, 0) is 5.41 Å². The number of hydrogen-bond acceptors (Lipinski definition) is 4. The molecule has 0 bridgehead atoms. The van der Waals surface area contributed by atoms with Gasteiger partial charge in [-0.15, -0.1) is 0 Å². The largest absolute Gasteiger partial charge is 0.315 e. The van der Waals surface area contributed by atoms with E-state index >= 15 is 0 Å². The van der Waals surface area contributed by atoms with E-state index < -0.39 is 5.41 Å². The maximum absolute atomic E-state index is 5.45. The number of para-hydroxylation sites is 3. The first kappa shape index (κ1) is 40.0. The second kappa shape index (κ2) is 16.2. The molecule has 0 N–H and O–H groups in total. The highest BCUT2D eigenvalue weighted by Crippen LogP contribution is 2.63. The third kappa shape index (κ3) is 6.36. The minimum absolute atomic E-state index is 0.453. The van der Waals surface area contributed by atoms with Crippen molar-refractivity contribution in [3.63, 3.8) is 0 Å². The van der Waals surface area contributed by atoms with Gasteiger partial charge in [0.1, 0.15) is 0 Å². The Morgan fingerprint density at radius 3 is 1.56 bits per heavy atom. The average Bonchev–Trinajstić information content (AvgIpc) is 3.87. The molecule has 8 aromatic carbocycles. The number of fused-ring (bicyclic) bond motifs is 11. The Bertz CT molecular complexity index is 3500. The molecule has 68 heavy (non-hydrogen) atoms. The molecule has 0 saturated heterocycles. The van der Waals surface area contributed by atoms with Crippen molar-refractivity contribution in [2.75, 3.05) is 9.80 Å². The quantitative estimate of drug-likeness (QED) is 0.152. The number of anilines is 4. The molecule has 0 saturated carbocycles. The number of hydrogen-bond donors (Lipinski definition) is 0. The van der Waals surface area contributed by atoms with Gasteiger partial charge in [-0.25, -0.2) is 9.97 Å². The fourth-order valence-corrected chi connectivity index (χ4v) is 11.4. The van der Waals surface area contributed by atoms with Gasteiger partial charge in [0, 0.05) is 45.3 Å². The lowest BCUT2D eigenvalue weighted by Crippen LogP contribution is -2.25. The molecular weight excluding hydrogens is 825 g/mol. The summed E-state index contributed by atoms with van der Waals surface area (Å²) < 4.78 is 0. The van der Waals surface area contributed by atoms with Crippen LogP contribution in [0.25, 0.3) is 55.8 Å². The van der Waals surface area contributed by atoms with Crippen molar-refractivity contribution >= 4 is 33.8 Å². The van der Waals surface area contributed by atoms with Crippen molar-refractivity contribution in [1.82, 2.24) is 9.97 Å². The summed E-state index contributed by atoms with van der Waals surface area (Å²) in [6.07, 6.45) is 16.8. The normalized spacial score (nSPS) is 15.9. The Hall–Kier alpha value is -8.34. The molecule has 0 amide bonds. The standard InChI is InChI=1S/C64H48N4/c1-43-17-16-22-51(41-43)68(47-20-6-3-7-21-47)50-38-36-49(37-39-50)67(46-18-4-2-5-19-46)48-34-31-44(32-35-48)62-63(66-61-30-15-14-29-60(61)65-62)45-33-40-55-54-25-10-13-28-58(54)64(59(55)42-45)56-26-11-8-23-52(56)53-24-9-12-27-57(53)64/h2,4-6,8-40,42-43H,3,7,41H2,1H3. The summed E-state index contributed by atoms with van der Waals surface area (Å²) >= 11 is 0. The molecule has 13 rings (SSSR count). The molecule has 324 valence electrons. The van der Waals surface area contributed by atoms with E-state index in [0.29, 0.717) is 5.92 Å². The molecule has 1 aromatic heterocycles. The van der Waals surface area contributed by atoms with Crippen LogP contribution in [-0.4, -0.2) is 9.97 Å². The third-order valence-electron chi connectivity index (χ3n) is 14.4. The van der Waals surface area contributed by atoms with E-state index in [9.17, 15) is 0 Å². The van der Waals surface area contributed by atoms with Crippen LogP contribution in [0.1, 0.15) is 48.4 Å². The molecule has 1 heterocycles. The second-order valence-corrected chi connectivity index (χ2v) is 18.5. The van der Waals surface area contributed by atoms with Gasteiger partial charge in [-0.05, 0) is 149 Å². The minimum atomic E-state index is -0.453. The van der Waals surface area contributed by atoms with Gasteiger partial charge in [-0.3, -0.25) is 0 Å². The van der Waals surface area contributed by atoms with Crippen LogP contribution in [0.5, 0.6) is 0 Å². The van der Waals surface area contributed by atoms with Gasteiger partial charge in [0.05, 0.1) is 27.8 Å². The molecule has 4 nitrogen and oxygen atoms in total. The van der Waals surface area contributed by atoms with Gasteiger partial charge in [0.15, 0.2) is 0 Å². The van der Waals surface area contributed by atoms with Crippen LogP contribution in [0, 0.1) is 5.92 Å². The van der Waals surface area contributed by atoms with Crippen LogP contribution in [0.3, 0.4) is 0 Å². The fraction of sp³-hybridized carbons (Fsp3) is 0.0938. The van der Waals surface area contributed by atoms with Gasteiger partial charge in [-0.2, -0.15) is 0 Å². The molecule has 4 aliphatic carbocycles. The van der Waals surface area contributed by atoms with E-state index in [-0.39, 0.29) is 0 Å². The van der Waals surface area contributed by atoms with Crippen molar-refractivity contribution in [2.45, 2.75) is 31.6 Å². The van der Waals surface area contributed by atoms with Crippen molar-refractivity contribution in [1.29, 1.82) is 0 Å². The summed E-state index contributed by atoms with van der Waals surface area (Å²) in [4.78, 5) is 15.6. The van der Waals surface area contributed by atoms with Gasteiger partial charge in [0.25, 0.3) is 0 Å². The summed E-state index contributed by atoms with van der Waals surface area (Å²) in [6, 6.07) is 70.7. The summed E-state index contributed by atoms with van der Waals surface area (Å²) in [5.41, 5.74) is 22.4. The van der Waals surface area contributed by atoms with E-state index in [2.05, 4.69) is 235 Å². The predicted octanol–water partition coefficient (Wildman–Crippen LogP) is 16.3. The van der Waals surface area contributed by atoms with E-state index in [1.165, 1.54) is 55.9 Å². The Labute approximate surface area is 398 Å². The highest BCUT2D eigenvalue weighted by Gasteiger charge is 2.51. The Morgan fingerprint density at radius 1 is 0.471 bits per heavy atom. The van der Waals surface area contributed by atoms with Crippen molar-refractivity contribution < 1.29 is 0 Å². The molecule has 9 aromatic rings. The van der Waals surface area contributed by atoms with Crippen molar-refractivity contribution in [3.05, 3.63) is 264 Å². The van der Waals surface area contributed by atoms with Crippen LogP contribution in [0.15, 0.2) is 242 Å². The summed E-state index contributed by atoms with van der Waals surface area (Å²) in [5, 5.41) is 0. The first-order chi connectivity index (χ1) is 33.6. The molecule has 0 radical (unpaired) electrons. The predicted molar refractivity (Wildman–Crippen MR) is 281 cm³/mol. The SMILES string of the molecule is CC1C=CC=C(N(C2=CCCC=C2)c2ccc(N(c3ccccc3)c3ccc(-c4nc5ccccc5nc4-c4ccc5c(c4)C4(c6ccccc6-c6ccccc64)c4ccccc4-5)cc3)cc2)C1. The zero-order chi connectivity index (χ0) is 45.2. The Morgan fingerprint density at radius 2 is 0.971 bits per heavy atom. The van der Waals surface area contributed by atoms with Crippen LogP contribution in [0.4, 0.5) is 22.7 Å². The van der Waals surface area contributed by atoms with E-state index in [4.69, 9.17) is 9.97 Å². The fourth-order valence-electron chi connectivity index (χ4n) is 11.4. The summed E-state index contributed by atoms with van der Waals surface area (Å²) in [7, 11) is 0. The van der Waals surface area contributed by atoms with E-state index in [1.54, 1.807) is 0 Å². The minimum Gasteiger partial charge on any atom is -0.315 e. The molecule has 1 atom stereocenters. The van der Waals surface area contributed by atoms with Gasteiger partial charge >= 0.3 is 0 Å². The molecule has 0 aliphatic heterocycles. The number of rotatable bonds is 8. The number of aromatic nitrogens is 2. The van der Waals surface area contributed by atoms with E-state index in [0.717, 1.165) is 75.6 Å². The van der Waals surface area contributed by atoms with Crippen molar-refractivity contribution in [2.24, 2.45) is 5.92 Å². The molecule has 1 unspecified atom stereocenters. The first-order valence-corrected chi connectivity index (χ1v) is 23.9. The second-order valence-electron chi connectivity index (χ2n) is 18.5. The Balaban J connectivity index is 0.919. The van der Waals surface area contributed by atoms with Crippen molar-refractivity contribution in [3.8, 4) is 44.8 Å². The van der Waals surface area contributed by atoms with Gasteiger partial charge in [0.2, 0.25) is 0 Å². The first-order valence-electron chi connectivity index (χ1n) is 23.9. The molecule has 4 aliphatic rings. The lowest BCUT2D eigenvalue weighted by atomic mass is 9.70. The summed E-state index contributed by atoms with van der Waals surface area (Å²) in [6.45, 7) is 2.29. The Kier molecular flexibility index (Phi) is 9.53. The lowest BCUT2D eigenvalue weighted by Gasteiger charge is -2.32. The molecule has 0 fully saturated rings. The zero-order valence-corrected chi connectivity index (χ0v) is 37.9. The number of benzene rings is 8.